The van der Waals surface area contributed by atoms with Crippen LogP contribution in [0.4, 0.5) is 18.0 Å². The zero-order valence-corrected chi connectivity index (χ0v) is 8.80. The summed E-state index contributed by atoms with van der Waals surface area (Å²) in [6, 6.07) is -1.05. The number of amides is 2. The van der Waals surface area contributed by atoms with Crippen LogP contribution < -0.4 is 11.1 Å². The number of carbonyl (C=O) groups is 2. The third-order valence-corrected chi connectivity index (χ3v) is 1.61. The number of halogens is 3. The van der Waals surface area contributed by atoms with Crippen molar-refractivity contribution in [3.8, 4) is 0 Å². The van der Waals surface area contributed by atoms with Gasteiger partial charge in [-0.25, -0.2) is 4.79 Å². The van der Waals surface area contributed by atoms with Crippen LogP contribution in [0.2, 0.25) is 0 Å². The van der Waals surface area contributed by atoms with E-state index in [4.69, 9.17) is 5.73 Å². The van der Waals surface area contributed by atoms with Crippen LogP contribution >= 0.6 is 0 Å². The van der Waals surface area contributed by atoms with Crippen LogP contribution in [0.25, 0.3) is 0 Å². The van der Waals surface area contributed by atoms with E-state index in [0.29, 0.717) is 0 Å². The number of nitrogens with two attached hydrogens (primary N) is 1. The third kappa shape index (κ3) is 6.10. The molecule has 0 unspecified atom stereocenters. The normalized spacial score (nSPS) is 13.4. The van der Waals surface area contributed by atoms with Gasteiger partial charge in [0.15, 0.2) is 6.61 Å². The molecule has 2 amide bonds. The Bertz CT molecular complexity index is 266. The zero-order chi connectivity index (χ0) is 12.9. The van der Waals surface area contributed by atoms with Crippen LogP contribution in [0.1, 0.15) is 13.8 Å². The summed E-state index contributed by atoms with van der Waals surface area (Å²) in [4.78, 5) is 21.7. The lowest BCUT2D eigenvalue weighted by molar-refractivity contribution is -0.160. The van der Waals surface area contributed by atoms with Crippen molar-refractivity contribution in [1.29, 1.82) is 0 Å². The lowest BCUT2D eigenvalue weighted by atomic mass is 10.0. The van der Waals surface area contributed by atoms with Crippen molar-refractivity contribution >= 4 is 12.0 Å². The largest absolute Gasteiger partial charge is 0.440 e. The smallest absolute Gasteiger partial charge is 0.422 e. The molecule has 0 heterocycles. The molecule has 0 spiro atoms. The number of nitrogens with one attached hydrogen (secondary N) is 1. The van der Waals surface area contributed by atoms with E-state index >= 15 is 0 Å². The number of ether oxygens (including phenoxy) is 1. The fourth-order valence-corrected chi connectivity index (χ4v) is 0.882. The summed E-state index contributed by atoms with van der Waals surface area (Å²) in [5.74, 6) is -1.17. The standard InChI is InChI=1S/C8H13F3N2O3/c1-4(2)5(6(12)14)13-7(15)16-3-8(9,10)11/h4-5H,3H2,1-2H3,(H2,12,14)(H,13,15)/t5-/m0/s1. The summed E-state index contributed by atoms with van der Waals surface area (Å²) in [6.45, 7) is 1.46. The van der Waals surface area contributed by atoms with Crippen molar-refractivity contribution in [2.24, 2.45) is 11.7 Å². The van der Waals surface area contributed by atoms with Crippen molar-refractivity contribution in [3.63, 3.8) is 0 Å². The van der Waals surface area contributed by atoms with E-state index in [1.807, 2.05) is 5.32 Å². The molecule has 8 heteroatoms. The predicted molar refractivity (Wildman–Crippen MR) is 48.4 cm³/mol. The molecule has 0 rings (SSSR count). The van der Waals surface area contributed by atoms with Crippen LogP contribution in [0.15, 0.2) is 0 Å². The average molecular weight is 242 g/mol. The molecule has 1 atom stereocenters. The molecule has 0 radical (unpaired) electrons. The fraction of sp³-hybridized carbons (Fsp3) is 0.750. The van der Waals surface area contributed by atoms with Gasteiger partial charge in [-0.2, -0.15) is 13.2 Å². The SMILES string of the molecule is CC(C)[C@H](NC(=O)OCC(F)(F)F)C(N)=O. The van der Waals surface area contributed by atoms with Gasteiger partial charge >= 0.3 is 12.3 Å². The molecule has 0 aliphatic heterocycles. The number of alkyl halides is 3. The number of primary amides is 1. The van der Waals surface area contributed by atoms with Crippen LogP contribution in [0.5, 0.6) is 0 Å². The Kier molecular flexibility index (Phi) is 5.06. The first kappa shape index (κ1) is 14.5. The topological polar surface area (TPSA) is 81.4 Å². The summed E-state index contributed by atoms with van der Waals surface area (Å²) in [6.07, 6.45) is -5.92. The lowest BCUT2D eigenvalue weighted by Gasteiger charge is -2.18. The van der Waals surface area contributed by atoms with Gasteiger partial charge in [-0.1, -0.05) is 13.8 Å². The minimum Gasteiger partial charge on any atom is -0.440 e. The molecule has 0 aromatic rings. The summed E-state index contributed by atoms with van der Waals surface area (Å²) in [5, 5.41) is 1.95. The van der Waals surface area contributed by atoms with Gasteiger partial charge in [0.25, 0.3) is 0 Å². The highest BCUT2D eigenvalue weighted by atomic mass is 19.4. The maximum Gasteiger partial charge on any atom is 0.422 e. The molecule has 16 heavy (non-hydrogen) atoms. The highest BCUT2D eigenvalue weighted by Gasteiger charge is 2.30. The Balaban J connectivity index is 4.17. The van der Waals surface area contributed by atoms with E-state index in [0.717, 1.165) is 0 Å². The monoisotopic (exact) mass is 242 g/mol. The van der Waals surface area contributed by atoms with Crippen molar-refractivity contribution in [2.75, 3.05) is 6.61 Å². The molecule has 0 saturated heterocycles. The fourth-order valence-electron chi connectivity index (χ4n) is 0.882. The third-order valence-electron chi connectivity index (χ3n) is 1.61. The Hall–Kier alpha value is -1.47. The van der Waals surface area contributed by atoms with Crippen molar-refractivity contribution in [1.82, 2.24) is 5.32 Å². The number of hydrogen-bond donors (Lipinski definition) is 2. The van der Waals surface area contributed by atoms with Gasteiger partial charge in [0.1, 0.15) is 6.04 Å². The lowest BCUT2D eigenvalue weighted by Crippen LogP contribution is -2.48. The molecule has 5 nitrogen and oxygen atoms in total. The molecule has 0 saturated carbocycles. The van der Waals surface area contributed by atoms with Gasteiger partial charge in [0.05, 0.1) is 0 Å². The molecule has 0 aromatic heterocycles. The van der Waals surface area contributed by atoms with Gasteiger partial charge in [-0.05, 0) is 5.92 Å². The minimum atomic E-state index is -4.60. The first-order chi connectivity index (χ1) is 7.13. The van der Waals surface area contributed by atoms with Crippen LogP contribution in [-0.4, -0.2) is 30.8 Å². The van der Waals surface area contributed by atoms with Gasteiger partial charge in [0, 0.05) is 0 Å². The predicted octanol–water partition coefficient (Wildman–Crippen LogP) is 0.785. The molecule has 0 aliphatic carbocycles. The number of alkyl carbamates (subject to hydrolysis) is 1. The summed E-state index contributed by atoms with van der Waals surface area (Å²) in [7, 11) is 0. The molecular formula is C8H13F3N2O3. The van der Waals surface area contributed by atoms with Crippen molar-refractivity contribution < 1.29 is 27.5 Å². The number of hydrogen-bond acceptors (Lipinski definition) is 3. The van der Waals surface area contributed by atoms with E-state index in [1.165, 1.54) is 0 Å². The molecule has 0 fully saturated rings. The van der Waals surface area contributed by atoms with Crippen LogP contribution in [0.3, 0.4) is 0 Å². The van der Waals surface area contributed by atoms with E-state index < -0.39 is 30.8 Å². The Morgan fingerprint density at radius 1 is 1.38 bits per heavy atom. The Morgan fingerprint density at radius 2 is 1.88 bits per heavy atom. The average Bonchev–Trinajstić information content (AvgIpc) is 2.08. The van der Waals surface area contributed by atoms with E-state index in [9.17, 15) is 22.8 Å². The first-order valence-corrected chi connectivity index (χ1v) is 4.43. The highest BCUT2D eigenvalue weighted by Crippen LogP contribution is 2.14. The second kappa shape index (κ2) is 5.57. The number of carbonyl (C=O) groups excluding carboxylic acids is 2. The zero-order valence-electron chi connectivity index (χ0n) is 8.80. The van der Waals surface area contributed by atoms with Crippen molar-refractivity contribution in [3.05, 3.63) is 0 Å². The van der Waals surface area contributed by atoms with E-state index in [2.05, 4.69) is 4.74 Å². The van der Waals surface area contributed by atoms with Gasteiger partial charge in [0.2, 0.25) is 5.91 Å². The molecule has 0 bridgehead atoms. The maximum atomic E-state index is 11.7. The van der Waals surface area contributed by atoms with Crippen LogP contribution in [-0.2, 0) is 9.53 Å². The second-order valence-corrected chi connectivity index (χ2v) is 3.46. The summed E-state index contributed by atoms with van der Waals surface area (Å²) < 4.78 is 38.9. The molecule has 0 aromatic carbocycles. The maximum absolute atomic E-state index is 11.7. The summed E-state index contributed by atoms with van der Waals surface area (Å²) in [5.41, 5.74) is 4.94. The van der Waals surface area contributed by atoms with E-state index in [-0.39, 0.29) is 5.92 Å². The minimum absolute atomic E-state index is 0.337. The van der Waals surface area contributed by atoms with Gasteiger partial charge in [-0.3, -0.25) is 4.79 Å². The van der Waals surface area contributed by atoms with Gasteiger partial charge in [-0.15, -0.1) is 0 Å². The summed E-state index contributed by atoms with van der Waals surface area (Å²) >= 11 is 0. The molecule has 3 N–H and O–H groups in total. The highest BCUT2D eigenvalue weighted by molar-refractivity contribution is 5.84. The first-order valence-electron chi connectivity index (χ1n) is 4.43. The quantitative estimate of drug-likeness (QED) is 0.764. The molecular weight excluding hydrogens is 229 g/mol. The van der Waals surface area contributed by atoms with Crippen LogP contribution in [0, 0.1) is 5.92 Å². The Labute approximate surface area is 90.1 Å². The van der Waals surface area contributed by atoms with E-state index in [1.54, 1.807) is 13.8 Å². The Morgan fingerprint density at radius 3 is 2.19 bits per heavy atom. The number of rotatable bonds is 4. The van der Waals surface area contributed by atoms with Crippen molar-refractivity contribution in [2.45, 2.75) is 26.1 Å². The second-order valence-electron chi connectivity index (χ2n) is 3.46. The van der Waals surface area contributed by atoms with Gasteiger partial charge < -0.3 is 15.8 Å². The molecule has 0 aliphatic rings. The molecule has 94 valence electrons.